The molecule has 3 N–H and O–H groups in total. The van der Waals surface area contributed by atoms with E-state index in [-0.39, 0.29) is 17.9 Å². The number of rotatable bonds is 8. The molecule has 2 aromatic heterocycles. The number of imidazole rings is 2. The highest BCUT2D eigenvalue weighted by Gasteiger charge is 2.36. The number of aromatic amines is 2. The Balaban J connectivity index is 1.31. The van der Waals surface area contributed by atoms with Crippen LogP contribution in [-0.4, -0.2) is 49.7 Å². The van der Waals surface area contributed by atoms with Gasteiger partial charge in [-0.05, 0) is 41.0 Å². The van der Waals surface area contributed by atoms with Gasteiger partial charge in [0.2, 0.25) is 12.3 Å². The first-order valence-corrected chi connectivity index (χ1v) is 12.3. The number of likely N-dealkylation sites (tertiary alicyclic amines) is 1. The lowest BCUT2D eigenvalue weighted by molar-refractivity contribution is -0.137. The molecule has 1 aliphatic rings. The standard InChI is InChI=1S/C28H30N6O2/c1-18(2)26(32-17-35)28(36)34-13-3-4-25(34)27-30-15-24(33-27)22-11-7-20(8-12-22)19-5-9-21(10-6-19)23-14-29-16-31-23/h5-12,14-18,25-26H,3-4,13H2,1-2H3,(H,29,31)(H,30,33)(H,32,35)/t25?,26-/m0/s1. The Labute approximate surface area is 210 Å². The first-order valence-electron chi connectivity index (χ1n) is 12.3. The summed E-state index contributed by atoms with van der Waals surface area (Å²) in [7, 11) is 0. The first kappa shape index (κ1) is 23.5. The molecule has 1 aliphatic heterocycles. The third kappa shape index (κ3) is 4.66. The van der Waals surface area contributed by atoms with Gasteiger partial charge in [-0.3, -0.25) is 9.59 Å². The predicted octanol–water partition coefficient (Wildman–Crippen LogP) is 4.57. The van der Waals surface area contributed by atoms with E-state index in [2.05, 4.69) is 73.8 Å². The monoisotopic (exact) mass is 482 g/mol. The van der Waals surface area contributed by atoms with Crippen molar-refractivity contribution in [3.8, 4) is 33.6 Å². The van der Waals surface area contributed by atoms with Crippen molar-refractivity contribution in [3.63, 3.8) is 0 Å². The SMILES string of the molecule is CC(C)[C@H](NC=O)C(=O)N1CCCC1c1ncc(-c2ccc(-c3ccc(-c4cnc[nH]4)cc3)cc2)[nH]1. The van der Waals surface area contributed by atoms with Gasteiger partial charge in [0.05, 0.1) is 36.2 Å². The fourth-order valence-corrected chi connectivity index (χ4v) is 4.87. The average molecular weight is 483 g/mol. The van der Waals surface area contributed by atoms with Crippen molar-refractivity contribution in [3.05, 3.63) is 73.1 Å². The number of benzene rings is 2. The van der Waals surface area contributed by atoms with Crippen LogP contribution in [-0.2, 0) is 9.59 Å². The summed E-state index contributed by atoms with van der Waals surface area (Å²) in [6.45, 7) is 4.54. The van der Waals surface area contributed by atoms with Crippen molar-refractivity contribution < 1.29 is 9.59 Å². The van der Waals surface area contributed by atoms with Crippen molar-refractivity contribution in [2.24, 2.45) is 5.92 Å². The first-order chi connectivity index (χ1) is 17.5. The van der Waals surface area contributed by atoms with Gasteiger partial charge < -0.3 is 20.2 Å². The van der Waals surface area contributed by atoms with Crippen molar-refractivity contribution >= 4 is 12.3 Å². The maximum absolute atomic E-state index is 13.2. The van der Waals surface area contributed by atoms with Crippen molar-refractivity contribution in [2.45, 2.75) is 38.8 Å². The molecule has 3 heterocycles. The van der Waals surface area contributed by atoms with Gasteiger partial charge in [-0.2, -0.15) is 0 Å². The number of amides is 2. The molecule has 8 heteroatoms. The lowest BCUT2D eigenvalue weighted by Crippen LogP contribution is -2.48. The van der Waals surface area contributed by atoms with Gasteiger partial charge in [0.25, 0.3) is 0 Å². The molecule has 184 valence electrons. The summed E-state index contributed by atoms with van der Waals surface area (Å²) >= 11 is 0. The van der Waals surface area contributed by atoms with E-state index >= 15 is 0 Å². The predicted molar refractivity (Wildman–Crippen MR) is 139 cm³/mol. The van der Waals surface area contributed by atoms with E-state index < -0.39 is 6.04 Å². The third-order valence-corrected chi connectivity index (χ3v) is 6.85. The quantitative estimate of drug-likeness (QED) is 0.320. The Hall–Kier alpha value is -4.20. The van der Waals surface area contributed by atoms with E-state index in [1.54, 1.807) is 6.33 Å². The van der Waals surface area contributed by atoms with Crippen LogP contribution in [0.15, 0.2) is 67.3 Å². The summed E-state index contributed by atoms with van der Waals surface area (Å²) in [5.74, 6) is 0.736. The zero-order chi connectivity index (χ0) is 25.1. The summed E-state index contributed by atoms with van der Waals surface area (Å²) in [4.78, 5) is 41.3. The molecule has 4 aromatic rings. The second-order valence-electron chi connectivity index (χ2n) is 9.50. The van der Waals surface area contributed by atoms with E-state index in [0.29, 0.717) is 13.0 Å². The summed E-state index contributed by atoms with van der Waals surface area (Å²) in [6, 6.07) is 16.1. The summed E-state index contributed by atoms with van der Waals surface area (Å²) < 4.78 is 0. The second kappa shape index (κ2) is 10.2. The molecular formula is C28H30N6O2. The molecule has 0 radical (unpaired) electrons. The van der Waals surface area contributed by atoms with E-state index in [1.165, 1.54) is 0 Å². The van der Waals surface area contributed by atoms with Crippen LogP contribution in [0.25, 0.3) is 33.6 Å². The number of hydrogen-bond donors (Lipinski definition) is 3. The number of hydrogen-bond acceptors (Lipinski definition) is 4. The number of aromatic nitrogens is 4. The number of nitrogens with zero attached hydrogens (tertiary/aromatic N) is 3. The highest BCUT2D eigenvalue weighted by molar-refractivity contribution is 5.84. The zero-order valence-corrected chi connectivity index (χ0v) is 20.4. The smallest absolute Gasteiger partial charge is 0.246 e. The molecule has 8 nitrogen and oxygen atoms in total. The minimum atomic E-state index is -0.529. The van der Waals surface area contributed by atoms with Crippen LogP contribution in [0.4, 0.5) is 0 Å². The van der Waals surface area contributed by atoms with Gasteiger partial charge in [-0.1, -0.05) is 62.4 Å². The van der Waals surface area contributed by atoms with Gasteiger partial charge in [0.15, 0.2) is 0 Å². The lowest BCUT2D eigenvalue weighted by Gasteiger charge is -2.29. The molecule has 0 saturated carbocycles. The Morgan fingerprint density at radius 1 is 1.00 bits per heavy atom. The number of carbonyl (C=O) groups is 2. The minimum absolute atomic E-state index is 0.0105. The van der Waals surface area contributed by atoms with Crippen molar-refractivity contribution in [1.29, 1.82) is 0 Å². The fraction of sp³-hybridized carbons (Fsp3) is 0.286. The molecule has 1 fully saturated rings. The number of H-pyrrole nitrogens is 2. The average Bonchev–Trinajstić information content (AvgIpc) is 3.68. The van der Waals surface area contributed by atoms with Gasteiger partial charge in [-0.25, -0.2) is 9.97 Å². The molecule has 1 unspecified atom stereocenters. The molecule has 2 aromatic carbocycles. The highest BCUT2D eigenvalue weighted by Crippen LogP contribution is 2.33. The molecule has 5 rings (SSSR count). The maximum Gasteiger partial charge on any atom is 0.246 e. The minimum Gasteiger partial charge on any atom is -0.347 e. The van der Waals surface area contributed by atoms with Crippen LogP contribution in [0.1, 0.15) is 38.6 Å². The molecular weight excluding hydrogens is 452 g/mol. The van der Waals surface area contributed by atoms with Crippen LogP contribution < -0.4 is 5.32 Å². The van der Waals surface area contributed by atoms with Crippen LogP contribution in [0, 0.1) is 5.92 Å². The summed E-state index contributed by atoms with van der Waals surface area (Å²) in [5, 5.41) is 2.68. The Bertz CT molecular complexity index is 1310. The van der Waals surface area contributed by atoms with Crippen molar-refractivity contribution in [2.75, 3.05) is 6.54 Å². The van der Waals surface area contributed by atoms with Crippen LogP contribution in [0.2, 0.25) is 0 Å². The third-order valence-electron chi connectivity index (χ3n) is 6.85. The molecule has 0 aliphatic carbocycles. The molecule has 0 bridgehead atoms. The van der Waals surface area contributed by atoms with E-state index in [9.17, 15) is 9.59 Å². The van der Waals surface area contributed by atoms with Gasteiger partial charge >= 0.3 is 0 Å². The van der Waals surface area contributed by atoms with Crippen LogP contribution >= 0.6 is 0 Å². The maximum atomic E-state index is 13.2. The van der Waals surface area contributed by atoms with Crippen LogP contribution in [0.5, 0.6) is 0 Å². The normalized spacial score (nSPS) is 16.3. The Morgan fingerprint density at radius 2 is 1.64 bits per heavy atom. The molecule has 36 heavy (non-hydrogen) atoms. The van der Waals surface area contributed by atoms with Crippen molar-refractivity contribution in [1.82, 2.24) is 30.2 Å². The number of carbonyl (C=O) groups excluding carboxylic acids is 2. The Kier molecular flexibility index (Phi) is 6.66. The molecule has 2 atom stereocenters. The molecule has 0 spiro atoms. The second-order valence-corrected chi connectivity index (χ2v) is 9.50. The van der Waals surface area contributed by atoms with Gasteiger partial charge in [0.1, 0.15) is 11.9 Å². The largest absolute Gasteiger partial charge is 0.347 e. The summed E-state index contributed by atoms with van der Waals surface area (Å²) in [6.07, 6.45) is 7.68. The summed E-state index contributed by atoms with van der Waals surface area (Å²) in [5.41, 5.74) is 6.30. The molecule has 2 amide bonds. The lowest BCUT2D eigenvalue weighted by atomic mass is 10.0. The zero-order valence-electron chi connectivity index (χ0n) is 20.4. The number of nitrogens with one attached hydrogen (secondary N) is 3. The van der Waals surface area contributed by atoms with Gasteiger partial charge in [0, 0.05) is 6.54 Å². The van der Waals surface area contributed by atoms with E-state index in [4.69, 9.17) is 0 Å². The van der Waals surface area contributed by atoms with Gasteiger partial charge in [-0.15, -0.1) is 0 Å². The topological polar surface area (TPSA) is 107 Å². The van der Waals surface area contributed by atoms with E-state index in [1.807, 2.05) is 31.1 Å². The van der Waals surface area contributed by atoms with E-state index in [0.717, 1.165) is 52.3 Å². The Morgan fingerprint density at radius 3 is 2.22 bits per heavy atom. The van der Waals surface area contributed by atoms with Crippen LogP contribution in [0.3, 0.4) is 0 Å². The highest BCUT2D eigenvalue weighted by atomic mass is 16.2. The fourth-order valence-electron chi connectivity index (χ4n) is 4.87. The molecule has 1 saturated heterocycles.